The number of nitrogens with zero attached hydrogens (tertiary/aromatic N) is 1. The lowest BCUT2D eigenvalue weighted by Gasteiger charge is -2.30. The molecule has 0 fully saturated rings. The van der Waals surface area contributed by atoms with Crippen LogP contribution in [0.15, 0.2) is 76.5 Å². The summed E-state index contributed by atoms with van der Waals surface area (Å²) in [6, 6.07) is 21.1. The van der Waals surface area contributed by atoms with Crippen LogP contribution in [-0.2, 0) is 9.59 Å². The van der Waals surface area contributed by atoms with Crippen molar-refractivity contribution in [2.24, 2.45) is 0 Å². The Morgan fingerprint density at radius 3 is 2.60 bits per heavy atom. The smallest absolute Gasteiger partial charge is 0.265 e. The number of nitrogens with one attached hydrogen (secondary N) is 1. The SMILES string of the molecule is Cc1ccc(/C=C2\Sc3ccccc3N(CC(=O)N[C@H](C)c3ccc4c(c3)OCCO4)C2=O)cc1. The Labute approximate surface area is 208 Å². The molecule has 0 saturated heterocycles. The molecule has 35 heavy (non-hydrogen) atoms. The molecule has 0 saturated carbocycles. The van der Waals surface area contributed by atoms with E-state index in [0.717, 1.165) is 27.3 Å². The Balaban J connectivity index is 1.34. The van der Waals surface area contributed by atoms with Crippen molar-refractivity contribution in [1.29, 1.82) is 0 Å². The van der Waals surface area contributed by atoms with Gasteiger partial charge >= 0.3 is 0 Å². The van der Waals surface area contributed by atoms with Gasteiger partial charge in [0.05, 0.1) is 16.6 Å². The minimum absolute atomic E-state index is 0.0729. The van der Waals surface area contributed by atoms with Crippen molar-refractivity contribution in [3.63, 3.8) is 0 Å². The molecule has 3 aromatic rings. The number of hydrogen-bond acceptors (Lipinski definition) is 5. The molecule has 7 heteroatoms. The molecule has 2 aliphatic rings. The maximum absolute atomic E-state index is 13.4. The third kappa shape index (κ3) is 5.05. The predicted molar refractivity (Wildman–Crippen MR) is 138 cm³/mol. The van der Waals surface area contributed by atoms with E-state index in [4.69, 9.17) is 9.47 Å². The number of aryl methyl sites for hydroxylation is 1. The number of para-hydroxylation sites is 1. The van der Waals surface area contributed by atoms with Crippen LogP contribution in [-0.4, -0.2) is 31.6 Å². The second-order valence-electron chi connectivity index (χ2n) is 8.57. The van der Waals surface area contributed by atoms with Crippen molar-refractivity contribution in [2.45, 2.75) is 24.8 Å². The summed E-state index contributed by atoms with van der Waals surface area (Å²) in [6.45, 7) is 4.90. The number of amides is 2. The normalized spacial score (nSPS) is 16.6. The van der Waals surface area contributed by atoms with E-state index in [2.05, 4.69) is 5.32 Å². The highest BCUT2D eigenvalue weighted by Gasteiger charge is 2.30. The summed E-state index contributed by atoms with van der Waals surface area (Å²) in [5, 5.41) is 3.02. The fourth-order valence-corrected chi connectivity index (χ4v) is 5.14. The third-order valence-corrected chi connectivity index (χ3v) is 7.03. The van der Waals surface area contributed by atoms with Gasteiger partial charge in [0.2, 0.25) is 5.91 Å². The van der Waals surface area contributed by atoms with Gasteiger partial charge in [-0.05, 0) is 55.3 Å². The first kappa shape index (κ1) is 23.1. The molecule has 5 rings (SSSR count). The van der Waals surface area contributed by atoms with Gasteiger partial charge in [0, 0.05) is 4.90 Å². The molecule has 3 aromatic carbocycles. The Morgan fingerprint density at radius 1 is 1.06 bits per heavy atom. The highest BCUT2D eigenvalue weighted by molar-refractivity contribution is 8.04. The molecule has 1 atom stereocenters. The van der Waals surface area contributed by atoms with Gasteiger partial charge in [-0.3, -0.25) is 14.5 Å². The van der Waals surface area contributed by atoms with E-state index < -0.39 is 0 Å². The summed E-state index contributed by atoms with van der Waals surface area (Å²) in [4.78, 5) is 29.6. The van der Waals surface area contributed by atoms with Crippen molar-refractivity contribution in [3.05, 3.63) is 88.3 Å². The minimum Gasteiger partial charge on any atom is -0.486 e. The van der Waals surface area contributed by atoms with E-state index in [1.807, 2.05) is 86.7 Å². The number of carbonyl (C=O) groups is 2. The number of anilines is 1. The van der Waals surface area contributed by atoms with Crippen molar-refractivity contribution in [2.75, 3.05) is 24.7 Å². The number of carbonyl (C=O) groups excluding carboxylic acids is 2. The molecule has 1 N–H and O–H groups in total. The van der Waals surface area contributed by atoms with E-state index in [1.54, 1.807) is 4.90 Å². The maximum atomic E-state index is 13.4. The first-order valence-corrected chi connectivity index (χ1v) is 12.4. The zero-order valence-corrected chi connectivity index (χ0v) is 20.4. The number of hydrogen-bond donors (Lipinski definition) is 1. The third-order valence-electron chi connectivity index (χ3n) is 5.95. The molecule has 0 aromatic heterocycles. The van der Waals surface area contributed by atoms with Crippen LogP contribution >= 0.6 is 11.8 Å². The quantitative estimate of drug-likeness (QED) is 0.507. The molecule has 2 amide bonds. The molecular weight excluding hydrogens is 460 g/mol. The van der Waals surface area contributed by atoms with Gasteiger partial charge in [-0.2, -0.15) is 0 Å². The fourth-order valence-electron chi connectivity index (χ4n) is 4.08. The standard InChI is InChI=1S/C28H26N2O4S/c1-18-7-9-20(10-8-18)15-26-28(32)30(22-5-3-4-6-25(22)35-26)17-27(31)29-19(2)21-11-12-23-24(16-21)34-14-13-33-23/h3-12,15-16,19H,13-14,17H2,1-2H3,(H,29,31)/b26-15-/t19-/m1/s1. The average Bonchev–Trinajstić information content (AvgIpc) is 2.87. The van der Waals surface area contributed by atoms with Crippen molar-refractivity contribution in [3.8, 4) is 11.5 Å². The zero-order chi connectivity index (χ0) is 24.4. The van der Waals surface area contributed by atoms with Crippen LogP contribution in [0.1, 0.15) is 29.7 Å². The average molecular weight is 487 g/mol. The van der Waals surface area contributed by atoms with Crippen LogP contribution in [0.2, 0.25) is 0 Å². The number of ether oxygens (including phenoxy) is 2. The van der Waals surface area contributed by atoms with Gasteiger partial charge in [0.15, 0.2) is 11.5 Å². The van der Waals surface area contributed by atoms with E-state index in [-0.39, 0.29) is 24.4 Å². The van der Waals surface area contributed by atoms with Gasteiger partial charge in [-0.25, -0.2) is 0 Å². The second kappa shape index (κ2) is 9.88. The molecule has 0 spiro atoms. The number of thioether (sulfide) groups is 1. The summed E-state index contributed by atoms with van der Waals surface area (Å²) in [7, 11) is 0. The van der Waals surface area contributed by atoms with E-state index in [1.165, 1.54) is 11.8 Å². The molecule has 0 bridgehead atoms. The van der Waals surface area contributed by atoms with E-state index in [0.29, 0.717) is 29.6 Å². The Morgan fingerprint density at radius 2 is 1.80 bits per heavy atom. The number of benzene rings is 3. The van der Waals surface area contributed by atoms with Gasteiger partial charge in [-0.15, -0.1) is 0 Å². The monoisotopic (exact) mass is 486 g/mol. The molecule has 0 unspecified atom stereocenters. The number of rotatable bonds is 5. The summed E-state index contributed by atoms with van der Waals surface area (Å²) in [5.41, 5.74) is 3.75. The van der Waals surface area contributed by atoms with Gasteiger partial charge in [0.1, 0.15) is 19.8 Å². The lowest BCUT2D eigenvalue weighted by Crippen LogP contribution is -2.43. The lowest BCUT2D eigenvalue weighted by atomic mass is 10.1. The zero-order valence-electron chi connectivity index (χ0n) is 19.6. The van der Waals surface area contributed by atoms with Crippen molar-refractivity contribution in [1.82, 2.24) is 5.32 Å². The van der Waals surface area contributed by atoms with Crippen LogP contribution in [0, 0.1) is 6.92 Å². The Bertz CT molecular complexity index is 1300. The number of fused-ring (bicyclic) bond motifs is 2. The Hall–Kier alpha value is -3.71. The van der Waals surface area contributed by atoms with Crippen molar-refractivity contribution < 1.29 is 19.1 Å². The van der Waals surface area contributed by atoms with Crippen LogP contribution in [0.5, 0.6) is 11.5 Å². The largest absolute Gasteiger partial charge is 0.486 e. The lowest BCUT2D eigenvalue weighted by molar-refractivity contribution is -0.122. The summed E-state index contributed by atoms with van der Waals surface area (Å²) in [6.07, 6.45) is 1.88. The molecule has 0 aliphatic carbocycles. The van der Waals surface area contributed by atoms with Crippen LogP contribution in [0.3, 0.4) is 0 Å². The van der Waals surface area contributed by atoms with Gasteiger partial charge in [-0.1, -0.05) is 59.8 Å². The van der Waals surface area contributed by atoms with Crippen LogP contribution in [0.25, 0.3) is 6.08 Å². The molecule has 178 valence electrons. The van der Waals surface area contributed by atoms with Gasteiger partial charge < -0.3 is 14.8 Å². The molecule has 2 heterocycles. The highest BCUT2D eigenvalue weighted by Crippen LogP contribution is 2.42. The topological polar surface area (TPSA) is 67.9 Å². The van der Waals surface area contributed by atoms with Crippen LogP contribution in [0.4, 0.5) is 5.69 Å². The molecule has 0 radical (unpaired) electrons. The molecular formula is C28H26N2O4S. The van der Waals surface area contributed by atoms with Crippen molar-refractivity contribution >= 4 is 35.3 Å². The Kier molecular flexibility index (Phi) is 6.51. The first-order chi connectivity index (χ1) is 17.0. The first-order valence-electron chi connectivity index (χ1n) is 11.5. The second-order valence-corrected chi connectivity index (χ2v) is 9.66. The summed E-state index contributed by atoms with van der Waals surface area (Å²) < 4.78 is 11.2. The van der Waals surface area contributed by atoms with Crippen LogP contribution < -0.4 is 19.7 Å². The summed E-state index contributed by atoms with van der Waals surface area (Å²) in [5.74, 6) is 0.964. The summed E-state index contributed by atoms with van der Waals surface area (Å²) >= 11 is 1.43. The minimum atomic E-state index is -0.259. The molecule has 2 aliphatic heterocycles. The fraction of sp³-hybridized carbons (Fsp3) is 0.214. The molecule has 6 nitrogen and oxygen atoms in total. The van der Waals surface area contributed by atoms with E-state index >= 15 is 0 Å². The van der Waals surface area contributed by atoms with E-state index in [9.17, 15) is 9.59 Å². The highest BCUT2D eigenvalue weighted by atomic mass is 32.2. The predicted octanol–water partition coefficient (Wildman–Crippen LogP) is 5.12. The maximum Gasteiger partial charge on any atom is 0.265 e. The van der Waals surface area contributed by atoms with Gasteiger partial charge in [0.25, 0.3) is 5.91 Å².